The molecule has 7 heteroatoms. The van der Waals surface area contributed by atoms with Crippen LogP contribution in [0, 0.1) is 0 Å². The molecule has 0 bridgehead atoms. The van der Waals surface area contributed by atoms with E-state index in [0.717, 1.165) is 21.3 Å². The second-order valence-electron chi connectivity index (χ2n) is 6.45. The number of sulfonamides is 1. The molecule has 1 N–H and O–H groups in total. The average Bonchev–Trinajstić information content (AvgIpc) is 2.68. The van der Waals surface area contributed by atoms with Gasteiger partial charge in [0.25, 0.3) is 0 Å². The number of methoxy groups -OCH3 is 1. The van der Waals surface area contributed by atoms with Crippen molar-refractivity contribution in [1.29, 1.82) is 0 Å². The highest BCUT2D eigenvalue weighted by molar-refractivity contribution is 7.92. The van der Waals surface area contributed by atoms with Crippen molar-refractivity contribution in [3.05, 3.63) is 66.7 Å². The SMILES string of the molecule is COc1ccc(N([C@@H](C)C(=O)Nc2cccc3ccccc23)S(C)(=O)=O)cc1. The maximum atomic E-state index is 12.9. The number of hydrogen-bond acceptors (Lipinski definition) is 4. The largest absolute Gasteiger partial charge is 0.497 e. The topological polar surface area (TPSA) is 75.7 Å². The van der Waals surface area contributed by atoms with E-state index in [2.05, 4.69) is 5.32 Å². The summed E-state index contributed by atoms with van der Waals surface area (Å²) in [5, 5.41) is 4.74. The molecule has 0 aliphatic carbocycles. The average molecular weight is 398 g/mol. The molecule has 0 radical (unpaired) electrons. The Morgan fingerprint density at radius 3 is 2.29 bits per heavy atom. The van der Waals surface area contributed by atoms with Crippen LogP contribution in [0.15, 0.2) is 66.7 Å². The third kappa shape index (κ3) is 4.09. The number of nitrogens with zero attached hydrogens (tertiary/aromatic N) is 1. The highest BCUT2D eigenvalue weighted by atomic mass is 32.2. The summed E-state index contributed by atoms with van der Waals surface area (Å²) in [6.07, 6.45) is 1.08. The standard InChI is InChI=1S/C21H22N2O4S/c1-15(23(28(3,25)26)17-11-13-18(27-2)14-12-17)21(24)22-20-10-6-8-16-7-4-5-9-19(16)20/h4-15H,1-3H3,(H,22,24)/t15-/m0/s1. The minimum Gasteiger partial charge on any atom is -0.497 e. The molecule has 3 aromatic carbocycles. The van der Waals surface area contributed by atoms with E-state index in [4.69, 9.17) is 4.74 Å². The van der Waals surface area contributed by atoms with Gasteiger partial charge in [0.05, 0.1) is 19.1 Å². The fourth-order valence-corrected chi connectivity index (χ4v) is 4.28. The van der Waals surface area contributed by atoms with Crippen LogP contribution in [0.25, 0.3) is 10.8 Å². The molecule has 0 saturated carbocycles. The lowest BCUT2D eigenvalue weighted by Crippen LogP contribution is -2.45. The summed E-state index contributed by atoms with van der Waals surface area (Å²) in [5.74, 6) is 0.183. The highest BCUT2D eigenvalue weighted by Crippen LogP contribution is 2.26. The molecule has 3 aromatic rings. The van der Waals surface area contributed by atoms with Crippen LogP contribution in [0.5, 0.6) is 5.75 Å². The molecule has 0 spiro atoms. The lowest BCUT2D eigenvalue weighted by molar-refractivity contribution is -0.116. The van der Waals surface area contributed by atoms with Crippen molar-refractivity contribution in [2.75, 3.05) is 23.0 Å². The Morgan fingerprint density at radius 2 is 1.64 bits per heavy atom. The third-order valence-electron chi connectivity index (χ3n) is 4.46. The summed E-state index contributed by atoms with van der Waals surface area (Å²) in [6, 6.07) is 18.9. The maximum absolute atomic E-state index is 12.9. The van der Waals surface area contributed by atoms with Crippen LogP contribution in [0.2, 0.25) is 0 Å². The number of benzene rings is 3. The second-order valence-corrected chi connectivity index (χ2v) is 8.31. The summed E-state index contributed by atoms with van der Waals surface area (Å²) in [7, 11) is -2.15. The minimum atomic E-state index is -3.68. The van der Waals surface area contributed by atoms with E-state index in [-0.39, 0.29) is 0 Å². The highest BCUT2D eigenvalue weighted by Gasteiger charge is 2.29. The molecule has 0 fully saturated rings. The number of amides is 1. The first kappa shape index (κ1) is 19.7. The third-order valence-corrected chi connectivity index (χ3v) is 5.70. The number of rotatable bonds is 6. The first-order chi connectivity index (χ1) is 13.3. The van der Waals surface area contributed by atoms with Gasteiger partial charge in [0, 0.05) is 11.1 Å². The van der Waals surface area contributed by atoms with Crippen LogP contribution in [0.4, 0.5) is 11.4 Å². The Bertz CT molecular complexity index is 1090. The monoisotopic (exact) mass is 398 g/mol. The first-order valence-electron chi connectivity index (χ1n) is 8.73. The van der Waals surface area contributed by atoms with Crippen LogP contribution in [0.1, 0.15) is 6.92 Å². The molecule has 3 rings (SSSR count). The Hall–Kier alpha value is -3.06. The number of carbonyl (C=O) groups is 1. The molecule has 1 atom stereocenters. The number of hydrogen-bond donors (Lipinski definition) is 1. The van der Waals surface area contributed by atoms with E-state index in [1.807, 2.05) is 36.4 Å². The normalized spacial score (nSPS) is 12.4. The minimum absolute atomic E-state index is 0.392. The molecule has 0 aliphatic heterocycles. The molecular formula is C21H22N2O4S. The fraction of sp³-hybridized carbons (Fsp3) is 0.190. The van der Waals surface area contributed by atoms with Crippen LogP contribution >= 0.6 is 0 Å². The molecule has 28 heavy (non-hydrogen) atoms. The van der Waals surface area contributed by atoms with E-state index in [0.29, 0.717) is 17.1 Å². The van der Waals surface area contributed by atoms with Crippen molar-refractivity contribution in [2.45, 2.75) is 13.0 Å². The van der Waals surface area contributed by atoms with Gasteiger partial charge in [-0.05, 0) is 42.6 Å². The molecular weight excluding hydrogens is 376 g/mol. The van der Waals surface area contributed by atoms with Crippen LogP contribution < -0.4 is 14.4 Å². The van der Waals surface area contributed by atoms with Crippen molar-refractivity contribution in [1.82, 2.24) is 0 Å². The van der Waals surface area contributed by atoms with Gasteiger partial charge < -0.3 is 10.1 Å². The van der Waals surface area contributed by atoms with Gasteiger partial charge >= 0.3 is 0 Å². The van der Waals surface area contributed by atoms with Gasteiger partial charge in [0.2, 0.25) is 15.9 Å². The van der Waals surface area contributed by atoms with Gasteiger partial charge in [-0.1, -0.05) is 36.4 Å². The second kappa shape index (κ2) is 7.90. The summed E-state index contributed by atoms with van der Waals surface area (Å²) >= 11 is 0. The molecule has 0 unspecified atom stereocenters. The zero-order valence-electron chi connectivity index (χ0n) is 15.9. The summed E-state index contributed by atoms with van der Waals surface area (Å²) in [4.78, 5) is 12.9. The number of carbonyl (C=O) groups excluding carboxylic acids is 1. The Balaban J connectivity index is 1.91. The van der Waals surface area contributed by atoms with E-state index in [9.17, 15) is 13.2 Å². The van der Waals surface area contributed by atoms with Gasteiger partial charge in [-0.15, -0.1) is 0 Å². The molecule has 1 amide bonds. The van der Waals surface area contributed by atoms with Crippen molar-refractivity contribution < 1.29 is 17.9 Å². The lowest BCUT2D eigenvalue weighted by Gasteiger charge is -2.28. The van der Waals surface area contributed by atoms with Gasteiger partial charge in [-0.3, -0.25) is 9.10 Å². The quantitative estimate of drug-likeness (QED) is 0.688. The smallest absolute Gasteiger partial charge is 0.248 e. The summed E-state index contributed by atoms with van der Waals surface area (Å²) < 4.78 is 31.0. The molecule has 146 valence electrons. The zero-order valence-corrected chi connectivity index (χ0v) is 16.7. The number of nitrogens with one attached hydrogen (secondary N) is 1. The predicted molar refractivity (Wildman–Crippen MR) is 112 cm³/mol. The van der Waals surface area contributed by atoms with Crippen molar-refractivity contribution in [2.24, 2.45) is 0 Å². The van der Waals surface area contributed by atoms with Gasteiger partial charge in [0.15, 0.2) is 0 Å². The Labute approximate surface area is 164 Å². The molecule has 0 aliphatic rings. The molecule has 0 saturated heterocycles. The van der Waals surface area contributed by atoms with Gasteiger partial charge in [-0.25, -0.2) is 8.42 Å². The van der Waals surface area contributed by atoms with Crippen LogP contribution in [-0.2, 0) is 14.8 Å². The number of fused-ring (bicyclic) bond motifs is 1. The van der Waals surface area contributed by atoms with E-state index in [1.54, 1.807) is 37.3 Å². The summed E-state index contributed by atoms with van der Waals surface area (Å²) in [5.41, 5.74) is 1.03. The maximum Gasteiger partial charge on any atom is 0.248 e. The number of anilines is 2. The molecule has 0 aromatic heterocycles. The Morgan fingerprint density at radius 1 is 1.00 bits per heavy atom. The van der Waals surface area contributed by atoms with Crippen LogP contribution in [-0.4, -0.2) is 33.7 Å². The van der Waals surface area contributed by atoms with E-state index < -0.39 is 22.0 Å². The Kier molecular flexibility index (Phi) is 5.56. The van der Waals surface area contributed by atoms with Gasteiger partial charge in [0.1, 0.15) is 11.8 Å². The van der Waals surface area contributed by atoms with Crippen LogP contribution in [0.3, 0.4) is 0 Å². The summed E-state index contributed by atoms with van der Waals surface area (Å²) in [6.45, 7) is 1.56. The van der Waals surface area contributed by atoms with Crippen molar-refractivity contribution in [3.63, 3.8) is 0 Å². The van der Waals surface area contributed by atoms with E-state index >= 15 is 0 Å². The predicted octanol–water partition coefficient (Wildman–Crippen LogP) is 3.64. The molecule has 6 nitrogen and oxygen atoms in total. The van der Waals surface area contributed by atoms with Crippen molar-refractivity contribution >= 4 is 38.1 Å². The molecule has 0 heterocycles. The zero-order chi connectivity index (χ0) is 20.3. The van der Waals surface area contributed by atoms with Crippen molar-refractivity contribution in [3.8, 4) is 5.75 Å². The number of ether oxygens (including phenoxy) is 1. The van der Waals surface area contributed by atoms with Gasteiger partial charge in [-0.2, -0.15) is 0 Å². The van der Waals surface area contributed by atoms with E-state index in [1.165, 1.54) is 7.11 Å². The lowest BCUT2D eigenvalue weighted by atomic mass is 10.1. The first-order valence-corrected chi connectivity index (χ1v) is 10.6. The fourth-order valence-electron chi connectivity index (χ4n) is 3.11.